The highest BCUT2D eigenvalue weighted by molar-refractivity contribution is 7.00. The lowest BCUT2D eigenvalue weighted by Crippen LogP contribution is -2.61. The van der Waals surface area contributed by atoms with E-state index in [1.165, 1.54) is 72.7 Å². The van der Waals surface area contributed by atoms with E-state index >= 15 is 0 Å². The lowest BCUT2D eigenvalue weighted by atomic mass is 9.35. The zero-order valence-corrected chi connectivity index (χ0v) is 26.2. The van der Waals surface area contributed by atoms with Gasteiger partial charge >= 0.3 is 0 Å². The maximum atomic E-state index is 7.02. The van der Waals surface area contributed by atoms with Crippen LogP contribution in [0.4, 0.5) is 34.1 Å². The molecule has 214 valence electrons. The number of furan rings is 1. The highest BCUT2D eigenvalue weighted by atomic mass is 16.3. The third-order valence-electron chi connectivity index (χ3n) is 10.2. The average Bonchev–Trinajstić information content (AvgIpc) is 3.36. The number of fused-ring (bicyclic) bond motifs is 6. The molecule has 0 aliphatic carbocycles. The highest BCUT2D eigenvalue weighted by Crippen LogP contribution is 2.54. The molecular weight excluding hydrogens is 535 g/mol. The first-order chi connectivity index (χ1) is 21.1. The van der Waals surface area contributed by atoms with Gasteiger partial charge in [0.05, 0.1) is 17.0 Å². The van der Waals surface area contributed by atoms with Gasteiger partial charge in [-0.2, -0.15) is 0 Å². The van der Waals surface area contributed by atoms with Gasteiger partial charge in [-0.15, -0.1) is 0 Å². The molecule has 0 saturated carbocycles. The zero-order chi connectivity index (χ0) is 30.1. The molecule has 0 unspecified atom stereocenters. The number of aryl methyl sites for hydroxylation is 1. The number of hydrogen-bond acceptors (Lipinski definition) is 3. The van der Waals surface area contributed by atoms with Gasteiger partial charge in [0.25, 0.3) is 6.71 Å². The molecule has 0 fully saturated rings. The van der Waals surface area contributed by atoms with Gasteiger partial charge in [0, 0.05) is 33.6 Å². The van der Waals surface area contributed by atoms with Gasteiger partial charge in [0.15, 0.2) is 0 Å². The molecule has 5 aromatic carbocycles. The third-order valence-corrected chi connectivity index (χ3v) is 10.2. The first-order valence-corrected chi connectivity index (χ1v) is 15.7. The van der Waals surface area contributed by atoms with Crippen LogP contribution in [0.5, 0.6) is 0 Å². The van der Waals surface area contributed by atoms with Crippen LogP contribution >= 0.6 is 0 Å². The number of para-hydroxylation sites is 2. The number of hydrogen-bond donors (Lipinski definition) is 0. The minimum Gasteiger partial charge on any atom is -0.468 e. The Bertz CT molecular complexity index is 2170. The van der Waals surface area contributed by atoms with E-state index in [1.54, 1.807) is 0 Å². The summed E-state index contributed by atoms with van der Waals surface area (Å²) in [6.45, 7) is 13.8. The Kier molecular flexibility index (Phi) is 4.96. The summed E-state index contributed by atoms with van der Waals surface area (Å²) in [5.41, 5.74) is 17.0. The van der Waals surface area contributed by atoms with Crippen LogP contribution in [0.3, 0.4) is 0 Å². The Hall–Kier alpha value is -4.70. The van der Waals surface area contributed by atoms with Crippen molar-refractivity contribution in [3.8, 4) is 0 Å². The van der Waals surface area contributed by atoms with Crippen molar-refractivity contribution in [2.24, 2.45) is 0 Å². The van der Waals surface area contributed by atoms with Crippen LogP contribution in [0.1, 0.15) is 56.9 Å². The van der Waals surface area contributed by atoms with Crippen molar-refractivity contribution in [3.63, 3.8) is 0 Å². The van der Waals surface area contributed by atoms with E-state index in [2.05, 4.69) is 154 Å². The molecule has 4 heterocycles. The summed E-state index contributed by atoms with van der Waals surface area (Å²) in [7, 11) is 0. The predicted octanol–water partition coefficient (Wildman–Crippen LogP) is 8.76. The Labute approximate surface area is 259 Å². The van der Waals surface area contributed by atoms with E-state index in [0.29, 0.717) is 0 Å². The minimum absolute atomic E-state index is 0.0122. The van der Waals surface area contributed by atoms with Crippen LogP contribution in [0.25, 0.3) is 11.0 Å². The molecule has 44 heavy (non-hydrogen) atoms. The zero-order valence-electron chi connectivity index (χ0n) is 26.2. The first-order valence-electron chi connectivity index (χ1n) is 15.7. The number of anilines is 6. The summed E-state index contributed by atoms with van der Waals surface area (Å²) in [4.78, 5) is 4.99. The van der Waals surface area contributed by atoms with E-state index in [0.717, 1.165) is 11.2 Å². The maximum Gasteiger partial charge on any atom is 0.297 e. The van der Waals surface area contributed by atoms with Gasteiger partial charge in [-0.1, -0.05) is 95.3 Å². The molecule has 0 spiro atoms. The number of nitrogens with zero attached hydrogens (tertiary/aromatic N) is 2. The van der Waals surface area contributed by atoms with Crippen LogP contribution in [0.2, 0.25) is 0 Å². The molecular formula is C40H35BN2O. The van der Waals surface area contributed by atoms with Gasteiger partial charge in [0.1, 0.15) is 5.58 Å². The monoisotopic (exact) mass is 570 g/mol. The van der Waals surface area contributed by atoms with Gasteiger partial charge in [-0.3, -0.25) is 0 Å². The van der Waals surface area contributed by atoms with Gasteiger partial charge in [-0.05, 0) is 88.0 Å². The predicted molar refractivity (Wildman–Crippen MR) is 186 cm³/mol. The number of rotatable bonds is 1. The SMILES string of the molecule is Cc1cc2c3c(c1)N1c4ccccc4C(C)(C)c4cccc5oc(c1c45)B3c1ccccc1N2c1ccc(C(C)(C)C)cc1. The molecule has 0 atom stereocenters. The van der Waals surface area contributed by atoms with Crippen molar-refractivity contribution >= 4 is 68.4 Å². The second-order valence-corrected chi connectivity index (χ2v) is 14.3. The summed E-state index contributed by atoms with van der Waals surface area (Å²) in [5, 5.41) is 1.23. The van der Waals surface area contributed by atoms with Crippen LogP contribution in [-0.4, -0.2) is 6.71 Å². The fraction of sp³-hybridized carbons (Fsp3) is 0.200. The first kappa shape index (κ1) is 25.8. The van der Waals surface area contributed by atoms with Crippen LogP contribution in [-0.2, 0) is 10.8 Å². The topological polar surface area (TPSA) is 19.6 Å². The lowest BCUT2D eigenvalue weighted by Gasteiger charge is -2.43. The smallest absolute Gasteiger partial charge is 0.297 e. The summed E-state index contributed by atoms with van der Waals surface area (Å²) in [6, 6.07) is 38.4. The molecule has 3 nitrogen and oxygen atoms in total. The Morgan fingerprint density at radius 1 is 0.682 bits per heavy atom. The van der Waals surface area contributed by atoms with Crippen molar-refractivity contribution in [2.75, 3.05) is 9.80 Å². The van der Waals surface area contributed by atoms with Crippen LogP contribution in [0, 0.1) is 6.92 Å². The number of benzene rings is 5. The quantitative estimate of drug-likeness (QED) is 0.184. The van der Waals surface area contributed by atoms with Crippen molar-refractivity contribution in [1.82, 2.24) is 0 Å². The van der Waals surface area contributed by atoms with Crippen LogP contribution < -0.4 is 26.4 Å². The fourth-order valence-electron chi connectivity index (χ4n) is 8.11. The summed E-state index contributed by atoms with van der Waals surface area (Å²) < 4.78 is 7.02. The standard InChI is InChI=1S/C40H35BN2O/c1-24-22-32-36-33(23-24)43-30-15-9-7-12-27(30)40(5,6)28-13-11-17-34-35(28)37(43)38(44-34)41(36)29-14-8-10-16-31(29)42(32)26-20-18-25(19-21-26)39(2,3)4/h7-23H,1-6H3. The van der Waals surface area contributed by atoms with Crippen molar-refractivity contribution in [1.29, 1.82) is 0 Å². The third kappa shape index (κ3) is 3.23. The molecule has 9 rings (SSSR count). The van der Waals surface area contributed by atoms with Crippen molar-refractivity contribution in [2.45, 2.75) is 52.4 Å². The normalized spacial score (nSPS) is 15.5. The molecule has 6 aromatic rings. The summed E-state index contributed by atoms with van der Waals surface area (Å²) >= 11 is 0. The maximum absolute atomic E-state index is 7.02. The van der Waals surface area contributed by atoms with Gasteiger partial charge in [-0.25, -0.2) is 0 Å². The van der Waals surface area contributed by atoms with Crippen molar-refractivity contribution in [3.05, 3.63) is 125 Å². The highest BCUT2D eigenvalue weighted by Gasteiger charge is 2.49. The molecule has 0 radical (unpaired) electrons. The van der Waals surface area contributed by atoms with Crippen molar-refractivity contribution < 1.29 is 4.42 Å². The molecule has 1 aromatic heterocycles. The summed E-state index contributed by atoms with van der Waals surface area (Å²) in [5.74, 6) is 0. The van der Waals surface area contributed by atoms with Gasteiger partial charge < -0.3 is 14.2 Å². The Morgan fingerprint density at radius 3 is 2.09 bits per heavy atom. The molecule has 0 amide bonds. The van der Waals surface area contributed by atoms with Gasteiger partial charge in [0.2, 0.25) is 0 Å². The molecule has 0 saturated heterocycles. The van der Waals surface area contributed by atoms with E-state index in [-0.39, 0.29) is 17.5 Å². The Balaban J connectivity index is 1.41. The molecule has 3 aliphatic heterocycles. The summed E-state index contributed by atoms with van der Waals surface area (Å²) in [6.07, 6.45) is 0. The molecule has 3 aliphatic rings. The Morgan fingerprint density at radius 2 is 1.34 bits per heavy atom. The van der Waals surface area contributed by atoms with Crippen LogP contribution in [0.15, 0.2) is 108 Å². The molecule has 4 heteroatoms. The van der Waals surface area contributed by atoms with E-state index < -0.39 is 0 Å². The molecule has 0 N–H and O–H groups in total. The minimum atomic E-state index is -0.202. The fourth-order valence-corrected chi connectivity index (χ4v) is 8.11. The van der Waals surface area contributed by atoms with E-state index in [4.69, 9.17) is 4.42 Å². The van der Waals surface area contributed by atoms with E-state index in [9.17, 15) is 0 Å². The molecule has 0 bridgehead atoms. The lowest BCUT2D eigenvalue weighted by molar-refractivity contribution is 0.590. The van der Waals surface area contributed by atoms with E-state index in [1.807, 2.05) is 0 Å². The second-order valence-electron chi connectivity index (χ2n) is 14.3. The largest absolute Gasteiger partial charge is 0.468 e. The second kappa shape index (κ2) is 8.48. The average molecular weight is 571 g/mol.